The molecule has 1 unspecified atom stereocenters. The highest BCUT2D eigenvalue weighted by molar-refractivity contribution is 6.74. The van der Waals surface area contributed by atoms with Crippen LogP contribution in [0.5, 0.6) is 0 Å². The molecule has 0 bridgehead atoms. The van der Waals surface area contributed by atoms with Crippen molar-refractivity contribution in [3.63, 3.8) is 0 Å². The van der Waals surface area contributed by atoms with Crippen molar-refractivity contribution in [2.75, 3.05) is 20.3 Å². The first-order valence-electron chi connectivity index (χ1n) is 11.2. The van der Waals surface area contributed by atoms with Gasteiger partial charge in [0.1, 0.15) is 25.2 Å². The Labute approximate surface area is 193 Å². The van der Waals surface area contributed by atoms with Crippen LogP contribution in [0, 0.1) is 6.92 Å². The van der Waals surface area contributed by atoms with Crippen LogP contribution < -0.4 is 0 Å². The zero-order valence-corrected chi connectivity index (χ0v) is 21.4. The van der Waals surface area contributed by atoms with E-state index in [1.165, 1.54) is 0 Å². The average molecular weight is 468 g/mol. The molecule has 2 heterocycles. The highest BCUT2D eigenvalue weighted by Crippen LogP contribution is 2.46. The zero-order chi connectivity index (χ0) is 23.8. The van der Waals surface area contributed by atoms with E-state index in [1.807, 2.05) is 30.3 Å². The second kappa shape index (κ2) is 9.35. The molecule has 2 aliphatic heterocycles. The molecule has 8 heteroatoms. The summed E-state index contributed by atoms with van der Waals surface area (Å²) < 4.78 is 36.3. The summed E-state index contributed by atoms with van der Waals surface area (Å²) in [4.78, 5) is 0. The minimum atomic E-state index is -2.09. The molecule has 2 aliphatic rings. The van der Waals surface area contributed by atoms with Crippen LogP contribution in [-0.2, 0) is 34.7 Å². The lowest BCUT2D eigenvalue weighted by molar-refractivity contribution is -0.268. The third-order valence-electron chi connectivity index (χ3n) is 6.80. The molecule has 0 radical (unpaired) electrons. The summed E-state index contributed by atoms with van der Waals surface area (Å²) in [6.45, 7) is 17.0. The lowest BCUT2D eigenvalue weighted by atomic mass is 9.90. The van der Waals surface area contributed by atoms with E-state index in [2.05, 4.69) is 40.8 Å². The fourth-order valence-electron chi connectivity index (χ4n) is 3.90. The van der Waals surface area contributed by atoms with Gasteiger partial charge in [-0.25, -0.2) is 0 Å². The smallest absolute Gasteiger partial charge is 0.314 e. The maximum Gasteiger partial charge on any atom is 0.314 e. The van der Waals surface area contributed by atoms with Crippen LogP contribution in [0.15, 0.2) is 30.3 Å². The topological polar surface area (TPSA) is 75.6 Å². The second-order valence-corrected chi connectivity index (χ2v) is 15.3. The predicted molar refractivity (Wildman–Crippen MR) is 123 cm³/mol. The largest absolute Gasteiger partial charge is 0.414 e. The second-order valence-electron chi connectivity index (χ2n) is 10.5. The summed E-state index contributed by atoms with van der Waals surface area (Å²) in [6, 6.07) is 9.85. The highest BCUT2D eigenvalue weighted by atomic mass is 28.4. The molecule has 7 nitrogen and oxygen atoms in total. The fraction of sp³-hybridized carbons (Fsp3) is 0.708. The average Bonchev–Trinajstić information content (AvgIpc) is 3.14. The van der Waals surface area contributed by atoms with Crippen LogP contribution in [0.4, 0.5) is 0 Å². The van der Waals surface area contributed by atoms with Crippen molar-refractivity contribution >= 4 is 8.32 Å². The molecule has 1 N–H and O–H groups in total. The number of ether oxygens (including phenoxy) is 5. The molecular formula is C24H39O7Si+. The summed E-state index contributed by atoms with van der Waals surface area (Å²) >= 11 is 0. The molecule has 180 valence electrons. The van der Waals surface area contributed by atoms with E-state index in [0.717, 1.165) is 5.56 Å². The molecule has 0 saturated carbocycles. The van der Waals surface area contributed by atoms with Crippen molar-refractivity contribution in [2.45, 2.75) is 88.4 Å². The normalized spacial score (nSPS) is 33.9. The van der Waals surface area contributed by atoms with Gasteiger partial charge in [-0.05, 0) is 23.7 Å². The summed E-state index contributed by atoms with van der Waals surface area (Å²) in [5, 5.41) is 11.4. The van der Waals surface area contributed by atoms with Gasteiger partial charge >= 0.3 is 5.79 Å². The number of rotatable bonds is 9. The fourth-order valence-corrected chi connectivity index (χ4v) is 4.91. The highest BCUT2D eigenvalue weighted by Gasteiger charge is 2.66. The molecule has 0 aliphatic carbocycles. The monoisotopic (exact) mass is 467 g/mol. The maximum absolute atomic E-state index is 11.4. The van der Waals surface area contributed by atoms with E-state index < -0.39 is 44.3 Å². The van der Waals surface area contributed by atoms with Gasteiger partial charge in [0.25, 0.3) is 0 Å². The van der Waals surface area contributed by atoms with Gasteiger partial charge in [-0.15, -0.1) is 0 Å². The molecule has 32 heavy (non-hydrogen) atoms. The maximum atomic E-state index is 11.4. The quantitative estimate of drug-likeness (QED) is 0.439. The third kappa shape index (κ3) is 5.23. The van der Waals surface area contributed by atoms with E-state index in [-0.39, 0.29) is 18.3 Å². The number of hydrogen-bond donors (Lipinski definition) is 1. The van der Waals surface area contributed by atoms with Gasteiger partial charge in [-0.1, -0.05) is 51.1 Å². The molecule has 1 aromatic rings. The Kier molecular flexibility index (Phi) is 7.49. The Morgan fingerprint density at radius 2 is 1.81 bits per heavy atom. The zero-order valence-electron chi connectivity index (χ0n) is 20.4. The van der Waals surface area contributed by atoms with Gasteiger partial charge in [0.05, 0.1) is 19.8 Å². The molecule has 0 amide bonds. The number of benzene rings is 1. The molecule has 6 atom stereocenters. The summed E-state index contributed by atoms with van der Waals surface area (Å²) in [6.07, 6.45) is -2.88. The SMILES string of the molecule is [CH2+]C1(C)O[C@H]2O[C@@](COCc3ccccc3)([C@@H](O)CO[Si](C)(C)C(C)(C)C)[C@@H](OC)[C@H]2O1. The van der Waals surface area contributed by atoms with Crippen molar-refractivity contribution < 1.29 is 33.2 Å². The van der Waals surface area contributed by atoms with Crippen LogP contribution in [0.3, 0.4) is 0 Å². The van der Waals surface area contributed by atoms with E-state index >= 15 is 0 Å². The van der Waals surface area contributed by atoms with Gasteiger partial charge in [-0.2, -0.15) is 0 Å². The number of fused-ring (bicyclic) bond motifs is 1. The van der Waals surface area contributed by atoms with Crippen molar-refractivity contribution in [3.05, 3.63) is 42.8 Å². The van der Waals surface area contributed by atoms with E-state index in [0.29, 0.717) is 6.61 Å². The lowest BCUT2D eigenvalue weighted by Crippen LogP contribution is -2.59. The van der Waals surface area contributed by atoms with Crippen molar-refractivity contribution in [2.24, 2.45) is 0 Å². The number of methoxy groups -OCH3 is 1. The summed E-state index contributed by atoms with van der Waals surface area (Å²) in [5.74, 6) is -1.04. The first-order chi connectivity index (χ1) is 14.8. The Morgan fingerprint density at radius 3 is 2.41 bits per heavy atom. The van der Waals surface area contributed by atoms with Gasteiger partial charge in [0, 0.05) is 14.0 Å². The van der Waals surface area contributed by atoms with Crippen LogP contribution >= 0.6 is 0 Å². The Morgan fingerprint density at radius 1 is 1.16 bits per heavy atom. The van der Waals surface area contributed by atoms with E-state index in [9.17, 15) is 5.11 Å². The molecule has 1 aromatic carbocycles. The van der Waals surface area contributed by atoms with Crippen molar-refractivity contribution in [3.8, 4) is 0 Å². The minimum absolute atomic E-state index is 0.0132. The van der Waals surface area contributed by atoms with Crippen molar-refractivity contribution in [1.29, 1.82) is 0 Å². The van der Waals surface area contributed by atoms with Gasteiger partial charge in [0.2, 0.25) is 0 Å². The van der Waals surface area contributed by atoms with Crippen LogP contribution in [0.1, 0.15) is 33.3 Å². The summed E-state index contributed by atoms with van der Waals surface area (Å²) in [7, 11) is -0.513. The molecule has 2 fully saturated rings. The Bertz CT molecular complexity index is 748. The lowest BCUT2D eigenvalue weighted by Gasteiger charge is -2.41. The molecular weight excluding hydrogens is 428 g/mol. The van der Waals surface area contributed by atoms with Gasteiger partial charge in [-0.3, -0.25) is 4.74 Å². The summed E-state index contributed by atoms with van der Waals surface area (Å²) in [5.41, 5.74) is -0.183. The van der Waals surface area contributed by atoms with Gasteiger partial charge < -0.3 is 28.5 Å². The molecule has 0 aromatic heterocycles. The van der Waals surface area contributed by atoms with Crippen LogP contribution in [-0.4, -0.2) is 69.7 Å². The number of aliphatic hydroxyl groups excluding tert-OH is 1. The first kappa shape index (κ1) is 25.6. The minimum Gasteiger partial charge on any atom is -0.414 e. The Balaban J connectivity index is 1.79. The molecule has 0 spiro atoms. The molecule has 2 saturated heterocycles. The Hall–Kier alpha value is -0.973. The number of aliphatic hydroxyl groups is 1. The standard InChI is InChI=1S/C24H39O7Si/c1-22(2,3)32(7,8)28-15-18(25)24(16-27-14-17-12-10-9-11-13-17)20(26-6)19-21(31-24)30-23(4,5)29-19/h9-13,18-21,25H,4,14-16H2,1-3,5-8H3/q+1/t18-,19+,20-,21-,23?,24-/m0/s1. The van der Waals surface area contributed by atoms with E-state index in [1.54, 1.807) is 14.0 Å². The number of hydrogen-bond acceptors (Lipinski definition) is 7. The third-order valence-corrected chi connectivity index (χ3v) is 11.3. The molecule has 3 rings (SSSR count). The van der Waals surface area contributed by atoms with Crippen LogP contribution in [0.25, 0.3) is 0 Å². The van der Waals surface area contributed by atoms with E-state index in [4.69, 9.17) is 28.1 Å². The van der Waals surface area contributed by atoms with Crippen LogP contribution in [0.2, 0.25) is 18.1 Å². The predicted octanol–water partition coefficient (Wildman–Crippen LogP) is 3.66. The van der Waals surface area contributed by atoms with Crippen molar-refractivity contribution in [1.82, 2.24) is 0 Å². The van der Waals surface area contributed by atoms with Gasteiger partial charge in [0.15, 0.2) is 20.2 Å². The first-order valence-corrected chi connectivity index (χ1v) is 14.1.